The lowest BCUT2D eigenvalue weighted by molar-refractivity contribution is 0.478. The van der Waals surface area contributed by atoms with Crippen molar-refractivity contribution in [1.82, 2.24) is 9.97 Å². The normalized spacial score (nSPS) is 13.0. The zero-order valence-electron chi connectivity index (χ0n) is 20.9. The molecule has 1 aromatic heterocycles. The number of nitrogens with two attached hydrogens (primary N) is 2. The zero-order chi connectivity index (χ0) is 31.0. The highest BCUT2D eigenvalue weighted by Crippen LogP contribution is 2.38. The number of benzene rings is 3. The van der Waals surface area contributed by atoms with Crippen LogP contribution in [0.3, 0.4) is 0 Å². The summed E-state index contributed by atoms with van der Waals surface area (Å²) < 4.78 is 98.7. The summed E-state index contributed by atoms with van der Waals surface area (Å²) in [6.07, 6.45) is 1.71. The number of nitrogen functional groups attached to an aromatic ring is 2. The van der Waals surface area contributed by atoms with Crippen molar-refractivity contribution in [3.63, 3.8) is 0 Å². The maximum absolute atomic E-state index is 11.8. The number of rotatable bonds is 8. The first-order valence-corrected chi connectivity index (χ1v) is 16.5. The van der Waals surface area contributed by atoms with Crippen LogP contribution in [-0.2, 0) is 30.4 Å². The third kappa shape index (κ3) is 6.67. The molecule has 42 heavy (non-hydrogen) atoms. The van der Waals surface area contributed by atoms with Gasteiger partial charge in [0.1, 0.15) is 10.6 Å². The molecule has 4 aromatic rings. The van der Waals surface area contributed by atoms with Crippen LogP contribution in [0.2, 0.25) is 0 Å². The fraction of sp³-hybridized carbons (Fsp3) is 0.0476. The van der Waals surface area contributed by atoms with Gasteiger partial charge in [-0.25, -0.2) is 9.97 Å². The molecule has 1 heterocycles. The highest BCUT2D eigenvalue weighted by molar-refractivity contribution is 7.98. The Morgan fingerprint density at radius 1 is 0.643 bits per heavy atom. The van der Waals surface area contributed by atoms with Crippen LogP contribution in [-0.4, -0.2) is 55.1 Å². The molecule has 3 aromatic carbocycles. The van der Waals surface area contributed by atoms with E-state index in [1.165, 1.54) is 30.0 Å². The van der Waals surface area contributed by atoms with E-state index in [1.54, 1.807) is 6.26 Å². The molecule has 0 bridgehead atoms. The van der Waals surface area contributed by atoms with Crippen molar-refractivity contribution in [3.05, 3.63) is 48.5 Å². The number of hydrogen-bond acceptors (Lipinski definition) is 15. The van der Waals surface area contributed by atoms with Gasteiger partial charge in [0.15, 0.2) is 22.5 Å². The summed E-state index contributed by atoms with van der Waals surface area (Å²) in [6, 6.07) is 8.10. The fourth-order valence-corrected chi connectivity index (χ4v) is 5.45. The lowest BCUT2D eigenvalue weighted by Gasteiger charge is -2.08. The van der Waals surface area contributed by atoms with E-state index in [0.29, 0.717) is 17.3 Å². The monoisotopic (exact) mass is 654 g/mol. The zero-order valence-corrected chi connectivity index (χ0v) is 24.1. The molecule has 0 saturated carbocycles. The van der Waals surface area contributed by atoms with Gasteiger partial charge < -0.3 is 11.5 Å². The van der Waals surface area contributed by atoms with E-state index >= 15 is 0 Å². The van der Waals surface area contributed by atoms with E-state index in [-0.39, 0.29) is 39.5 Å². The van der Waals surface area contributed by atoms with Gasteiger partial charge in [0.2, 0.25) is 0 Å². The van der Waals surface area contributed by atoms with Crippen molar-refractivity contribution in [1.29, 1.82) is 0 Å². The minimum Gasteiger partial charge on any atom is -0.382 e. The standard InChI is InChI=1S/C21H18N8O9S4/c1-39-21-24-19(22)18(20(23)25-21)29-27-15-6-5-14(12-4-2-10(8-13(12)15)40(30,31)32)26-28-16-9-11(41(33,34)35)3-7-17(16)42(36,37)38/h2-9H,1H3,(H,30,31,32)(H,33,34,35)(H,36,37,38)(H4,22,23,24,25). The number of nitrogens with zero attached hydrogens (tertiary/aromatic N) is 6. The molecule has 7 N–H and O–H groups in total. The van der Waals surface area contributed by atoms with Crippen molar-refractivity contribution >= 4 is 87.3 Å². The molecule has 0 radical (unpaired) electrons. The van der Waals surface area contributed by atoms with Crippen LogP contribution in [0.15, 0.2) is 88.8 Å². The van der Waals surface area contributed by atoms with Gasteiger partial charge in [-0.2, -0.15) is 25.3 Å². The first-order valence-electron chi connectivity index (χ1n) is 10.9. The van der Waals surface area contributed by atoms with E-state index in [1.807, 2.05) is 0 Å². The van der Waals surface area contributed by atoms with E-state index in [4.69, 9.17) is 11.5 Å². The summed E-state index contributed by atoms with van der Waals surface area (Å²) in [6.45, 7) is 0. The van der Waals surface area contributed by atoms with Crippen LogP contribution in [0.1, 0.15) is 0 Å². The largest absolute Gasteiger partial charge is 0.382 e. The number of thioether (sulfide) groups is 1. The molecule has 0 aliphatic rings. The smallest absolute Gasteiger partial charge is 0.296 e. The van der Waals surface area contributed by atoms with Gasteiger partial charge in [-0.1, -0.05) is 17.8 Å². The first-order chi connectivity index (χ1) is 19.5. The van der Waals surface area contributed by atoms with Crippen molar-refractivity contribution in [2.75, 3.05) is 17.7 Å². The number of azo groups is 2. The summed E-state index contributed by atoms with van der Waals surface area (Å²) in [5, 5.41) is 16.2. The summed E-state index contributed by atoms with van der Waals surface area (Å²) in [5.74, 6) is -0.156. The maximum Gasteiger partial charge on any atom is 0.296 e. The summed E-state index contributed by atoms with van der Waals surface area (Å²) in [7, 11) is -14.4. The molecule has 220 valence electrons. The Bertz CT molecular complexity index is 2110. The lowest BCUT2D eigenvalue weighted by Crippen LogP contribution is -2.02. The molecule has 0 saturated heterocycles. The Hall–Kier alpha value is -4.12. The number of anilines is 2. The average molecular weight is 655 g/mol. The molecule has 0 unspecified atom stereocenters. The van der Waals surface area contributed by atoms with E-state index in [2.05, 4.69) is 30.4 Å². The third-order valence-corrected chi connectivity index (χ3v) is 8.52. The molecule has 0 spiro atoms. The molecule has 17 nitrogen and oxygen atoms in total. The summed E-state index contributed by atoms with van der Waals surface area (Å²) in [5.41, 5.74) is 11.1. The minimum absolute atomic E-state index is 0.0175. The van der Waals surface area contributed by atoms with Gasteiger partial charge in [-0.05, 0) is 48.7 Å². The van der Waals surface area contributed by atoms with Crippen LogP contribution in [0, 0.1) is 0 Å². The van der Waals surface area contributed by atoms with Crippen molar-refractivity contribution in [2.24, 2.45) is 20.5 Å². The second kappa shape index (κ2) is 11.3. The second-order valence-electron chi connectivity index (χ2n) is 8.10. The molecule has 0 amide bonds. The molecule has 0 fully saturated rings. The van der Waals surface area contributed by atoms with Crippen molar-refractivity contribution < 1.29 is 38.9 Å². The Balaban J connectivity index is 1.90. The van der Waals surface area contributed by atoms with Gasteiger partial charge in [0, 0.05) is 10.8 Å². The maximum atomic E-state index is 11.8. The Kier molecular flexibility index (Phi) is 8.28. The highest BCUT2D eigenvalue weighted by Gasteiger charge is 2.20. The SMILES string of the molecule is CSc1nc(N)c(N=Nc2ccc(N=Nc3cc(S(=O)(=O)O)ccc3S(=O)(=O)O)c3ccc(S(=O)(=O)O)cc23)c(N)n1. The predicted molar refractivity (Wildman–Crippen MR) is 151 cm³/mol. The quantitative estimate of drug-likeness (QED) is 0.0774. The molecule has 0 atom stereocenters. The molecule has 4 rings (SSSR count). The Morgan fingerprint density at radius 2 is 1.14 bits per heavy atom. The van der Waals surface area contributed by atoms with Crippen LogP contribution in [0.25, 0.3) is 10.8 Å². The average Bonchev–Trinajstić information content (AvgIpc) is 2.89. The molecule has 0 aliphatic heterocycles. The minimum atomic E-state index is -4.90. The van der Waals surface area contributed by atoms with Crippen LogP contribution in [0.4, 0.5) is 34.4 Å². The van der Waals surface area contributed by atoms with Gasteiger partial charge in [-0.3, -0.25) is 13.7 Å². The van der Waals surface area contributed by atoms with Gasteiger partial charge in [0.25, 0.3) is 30.4 Å². The van der Waals surface area contributed by atoms with E-state index < -0.39 is 50.7 Å². The van der Waals surface area contributed by atoms with E-state index in [9.17, 15) is 38.9 Å². The van der Waals surface area contributed by atoms with Crippen LogP contribution < -0.4 is 11.5 Å². The first kappa shape index (κ1) is 30.8. The molecule has 21 heteroatoms. The molecule has 0 aliphatic carbocycles. The van der Waals surface area contributed by atoms with Crippen molar-refractivity contribution in [2.45, 2.75) is 19.8 Å². The summed E-state index contributed by atoms with van der Waals surface area (Å²) >= 11 is 1.19. The second-order valence-corrected chi connectivity index (χ2v) is 13.1. The Morgan fingerprint density at radius 3 is 1.69 bits per heavy atom. The number of aromatic nitrogens is 2. The highest BCUT2D eigenvalue weighted by atomic mass is 32.2. The van der Waals surface area contributed by atoms with Gasteiger partial charge >= 0.3 is 0 Å². The van der Waals surface area contributed by atoms with Crippen LogP contribution >= 0.6 is 11.8 Å². The summed E-state index contributed by atoms with van der Waals surface area (Å²) in [4.78, 5) is 6.01. The lowest BCUT2D eigenvalue weighted by atomic mass is 10.1. The van der Waals surface area contributed by atoms with E-state index in [0.717, 1.165) is 18.2 Å². The topological polar surface area (TPSA) is 290 Å². The van der Waals surface area contributed by atoms with Crippen molar-refractivity contribution in [3.8, 4) is 0 Å². The molecular weight excluding hydrogens is 637 g/mol. The number of hydrogen-bond donors (Lipinski definition) is 5. The molecular formula is C21H18N8O9S4. The Labute approximate surface area is 242 Å². The predicted octanol–water partition coefficient (Wildman–Crippen LogP) is 4.09. The van der Waals surface area contributed by atoms with Gasteiger partial charge in [-0.15, -0.1) is 20.5 Å². The number of fused-ring (bicyclic) bond motifs is 1. The van der Waals surface area contributed by atoms with Gasteiger partial charge in [0.05, 0.1) is 21.2 Å². The van der Waals surface area contributed by atoms with Crippen LogP contribution in [0.5, 0.6) is 0 Å². The fourth-order valence-electron chi connectivity index (χ4n) is 3.46. The third-order valence-electron chi connectivity index (χ3n) is 5.37.